The van der Waals surface area contributed by atoms with Crippen LogP contribution in [0, 0.1) is 0 Å². The minimum absolute atomic E-state index is 0.0000814. The molecule has 2 N–H and O–H groups in total. The third kappa shape index (κ3) is 5.93. The number of hydrogen-bond donors (Lipinski definition) is 2. The Morgan fingerprint density at radius 3 is 2.45 bits per heavy atom. The van der Waals surface area contributed by atoms with E-state index in [1.807, 2.05) is 66.0 Å². The quantitative estimate of drug-likeness (QED) is 0.527. The van der Waals surface area contributed by atoms with Crippen LogP contribution in [0.5, 0.6) is 5.75 Å². The van der Waals surface area contributed by atoms with Crippen molar-refractivity contribution in [2.24, 2.45) is 0 Å². The van der Waals surface area contributed by atoms with Gasteiger partial charge in [0, 0.05) is 31.4 Å². The third-order valence-corrected chi connectivity index (χ3v) is 6.79. The molecule has 1 aliphatic rings. The Kier molecular flexibility index (Phi) is 7.62. The van der Waals surface area contributed by atoms with Crippen LogP contribution >= 0.6 is 11.3 Å². The fourth-order valence-corrected chi connectivity index (χ4v) is 4.71. The molecule has 1 aromatic heterocycles. The number of ether oxygens (including phenoxy) is 1. The van der Waals surface area contributed by atoms with Crippen LogP contribution in [0.3, 0.4) is 0 Å². The number of methoxy groups -OCH3 is 1. The molecule has 3 aromatic rings. The molecule has 33 heavy (non-hydrogen) atoms. The van der Waals surface area contributed by atoms with Gasteiger partial charge in [-0.2, -0.15) is 0 Å². The second-order valence-corrected chi connectivity index (χ2v) is 9.03. The number of piperidine rings is 1. The SMILES string of the molecule is COc1ccc(CCNC(=O)c2ccccc2N2CCC(NC(=O)c3cccs3)CC2)cc1. The number of rotatable bonds is 8. The van der Waals surface area contributed by atoms with Crippen molar-refractivity contribution in [1.29, 1.82) is 0 Å². The van der Waals surface area contributed by atoms with E-state index in [1.54, 1.807) is 7.11 Å². The highest BCUT2D eigenvalue weighted by Gasteiger charge is 2.24. The molecule has 0 bridgehead atoms. The molecule has 1 saturated heterocycles. The number of nitrogens with one attached hydrogen (secondary N) is 2. The molecule has 0 saturated carbocycles. The molecule has 2 aromatic carbocycles. The van der Waals surface area contributed by atoms with Gasteiger partial charge < -0.3 is 20.3 Å². The second kappa shape index (κ2) is 11.0. The first-order chi connectivity index (χ1) is 16.1. The predicted octanol–water partition coefficient (Wildman–Crippen LogP) is 4.13. The molecule has 172 valence electrons. The van der Waals surface area contributed by atoms with Crippen LogP contribution in [-0.2, 0) is 6.42 Å². The van der Waals surface area contributed by atoms with E-state index >= 15 is 0 Å². The lowest BCUT2D eigenvalue weighted by molar-refractivity contribution is 0.0933. The Balaban J connectivity index is 1.30. The lowest BCUT2D eigenvalue weighted by Crippen LogP contribution is -2.45. The normalized spacial score (nSPS) is 14.0. The number of thiophene rings is 1. The summed E-state index contributed by atoms with van der Waals surface area (Å²) in [6.07, 6.45) is 2.46. The Hall–Kier alpha value is -3.32. The smallest absolute Gasteiger partial charge is 0.261 e. The molecule has 1 fully saturated rings. The first-order valence-corrected chi connectivity index (χ1v) is 12.1. The molecule has 0 atom stereocenters. The van der Waals surface area contributed by atoms with Crippen LogP contribution in [0.2, 0.25) is 0 Å². The van der Waals surface area contributed by atoms with Crippen molar-refractivity contribution in [3.63, 3.8) is 0 Å². The van der Waals surface area contributed by atoms with Gasteiger partial charge in [-0.25, -0.2) is 0 Å². The van der Waals surface area contributed by atoms with Crippen LogP contribution in [0.15, 0.2) is 66.0 Å². The Morgan fingerprint density at radius 2 is 1.76 bits per heavy atom. The predicted molar refractivity (Wildman–Crippen MR) is 132 cm³/mol. The number of carbonyl (C=O) groups is 2. The highest BCUT2D eigenvalue weighted by Crippen LogP contribution is 2.25. The molecule has 4 rings (SSSR count). The van der Waals surface area contributed by atoms with Crippen molar-refractivity contribution in [2.45, 2.75) is 25.3 Å². The van der Waals surface area contributed by atoms with E-state index in [-0.39, 0.29) is 17.9 Å². The van der Waals surface area contributed by atoms with E-state index in [0.29, 0.717) is 12.1 Å². The van der Waals surface area contributed by atoms with Gasteiger partial charge in [0.25, 0.3) is 11.8 Å². The Labute approximate surface area is 198 Å². The van der Waals surface area contributed by atoms with Gasteiger partial charge in [-0.05, 0) is 60.5 Å². The Morgan fingerprint density at radius 1 is 1.00 bits per heavy atom. The van der Waals surface area contributed by atoms with Gasteiger partial charge in [-0.15, -0.1) is 11.3 Å². The number of hydrogen-bond acceptors (Lipinski definition) is 5. The van der Waals surface area contributed by atoms with Crippen molar-refractivity contribution in [3.8, 4) is 5.75 Å². The van der Waals surface area contributed by atoms with E-state index in [2.05, 4.69) is 15.5 Å². The van der Waals surface area contributed by atoms with Crippen LogP contribution in [0.25, 0.3) is 0 Å². The average Bonchev–Trinajstić information content (AvgIpc) is 3.40. The van der Waals surface area contributed by atoms with Gasteiger partial charge in [-0.3, -0.25) is 9.59 Å². The summed E-state index contributed by atoms with van der Waals surface area (Å²) in [7, 11) is 1.65. The zero-order valence-corrected chi connectivity index (χ0v) is 19.6. The molecule has 2 heterocycles. The maximum atomic E-state index is 12.9. The van der Waals surface area contributed by atoms with E-state index < -0.39 is 0 Å². The first kappa shape index (κ1) is 22.9. The van der Waals surface area contributed by atoms with Crippen LogP contribution in [-0.4, -0.2) is 44.6 Å². The maximum Gasteiger partial charge on any atom is 0.261 e. The fraction of sp³-hybridized carbons (Fsp3) is 0.308. The zero-order chi connectivity index (χ0) is 23.0. The first-order valence-electron chi connectivity index (χ1n) is 11.2. The Bertz CT molecular complexity index is 1060. The van der Waals surface area contributed by atoms with Crippen LogP contribution < -0.4 is 20.3 Å². The molecule has 0 aliphatic carbocycles. The summed E-state index contributed by atoms with van der Waals surface area (Å²) in [4.78, 5) is 28.2. The minimum Gasteiger partial charge on any atom is -0.497 e. The van der Waals surface area contributed by atoms with E-state index in [4.69, 9.17) is 4.74 Å². The number of anilines is 1. The number of carbonyl (C=O) groups excluding carboxylic acids is 2. The molecular weight excluding hydrogens is 434 g/mol. The summed E-state index contributed by atoms with van der Waals surface area (Å²) >= 11 is 1.46. The van der Waals surface area contributed by atoms with Gasteiger partial charge in [0.05, 0.1) is 17.6 Å². The topological polar surface area (TPSA) is 70.7 Å². The van der Waals surface area contributed by atoms with E-state index in [0.717, 1.165) is 54.2 Å². The fourth-order valence-electron chi connectivity index (χ4n) is 4.08. The van der Waals surface area contributed by atoms with Crippen molar-refractivity contribution in [2.75, 3.05) is 31.6 Å². The summed E-state index contributed by atoms with van der Waals surface area (Å²) in [6, 6.07) is 19.5. The maximum absolute atomic E-state index is 12.9. The second-order valence-electron chi connectivity index (χ2n) is 8.08. The van der Waals surface area contributed by atoms with Crippen molar-refractivity contribution < 1.29 is 14.3 Å². The summed E-state index contributed by atoms with van der Waals surface area (Å²) in [6.45, 7) is 2.16. The average molecular weight is 464 g/mol. The minimum atomic E-state index is -0.0627. The molecule has 0 spiro atoms. The summed E-state index contributed by atoms with van der Waals surface area (Å²) in [5, 5.41) is 8.11. The molecule has 1 aliphatic heterocycles. The zero-order valence-electron chi connectivity index (χ0n) is 18.8. The largest absolute Gasteiger partial charge is 0.497 e. The highest BCUT2D eigenvalue weighted by atomic mass is 32.1. The third-order valence-electron chi connectivity index (χ3n) is 5.92. The van der Waals surface area contributed by atoms with E-state index in [1.165, 1.54) is 11.3 Å². The number of para-hydroxylation sites is 1. The van der Waals surface area contributed by atoms with Crippen molar-refractivity contribution >= 4 is 28.8 Å². The summed E-state index contributed by atoms with van der Waals surface area (Å²) in [5.74, 6) is 0.763. The van der Waals surface area contributed by atoms with Crippen molar-refractivity contribution in [1.82, 2.24) is 10.6 Å². The van der Waals surface area contributed by atoms with Crippen LogP contribution in [0.4, 0.5) is 5.69 Å². The summed E-state index contributed by atoms with van der Waals surface area (Å²) in [5.41, 5.74) is 2.78. The number of amides is 2. The standard InChI is InChI=1S/C26H29N3O3S/c1-32-21-10-8-19(9-11-21)12-15-27-25(30)22-5-2-3-6-23(22)29-16-13-20(14-17-29)28-26(31)24-7-4-18-33-24/h2-11,18,20H,12-17H2,1H3,(H,27,30)(H,28,31). The molecule has 0 radical (unpaired) electrons. The number of benzene rings is 2. The lowest BCUT2D eigenvalue weighted by Gasteiger charge is -2.34. The molecule has 0 unspecified atom stereocenters. The van der Waals surface area contributed by atoms with Gasteiger partial charge >= 0.3 is 0 Å². The number of nitrogens with zero attached hydrogens (tertiary/aromatic N) is 1. The molecular formula is C26H29N3O3S. The molecule has 6 nitrogen and oxygen atoms in total. The van der Waals surface area contributed by atoms with E-state index in [9.17, 15) is 9.59 Å². The van der Waals surface area contributed by atoms with Gasteiger partial charge in [0.2, 0.25) is 0 Å². The molecule has 7 heteroatoms. The molecule has 2 amide bonds. The monoisotopic (exact) mass is 463 g/mol. The van der Waals surface area contributed by atoms with Crippen LogP contribution in [0.1, 0.15) is 38.4 Å². The van der Waals surface area contributed by atoms with Gasteiger partial charge in [0.15, 0.2) is 0 Å². The lowest BCUT2D eigenvalue weighted by atomic mass is 10.0. The van der Waals surface area contributed by atoms with Gasteiger partial charge in [0.1, 0.15) is 5.75 Å². The summed E-state index contributed by atoms with van der Waals surface area (Å²) < 4.78 is 5.19. The van der Waals surface area contributed by atoms with Crippen molar-refractivity contribution in [3.05, 3.63) is 82.0 Å². The highest BCUT2D eigenvalue weighted by molar-refractivity contribution is 7.12. The van der Waals surface area contributed by atoms with Gasteiger partial charge in [-0.1, -0.05) is 30.3 Å².